The van der Waals surface area contributed by atoms with E-state index >= 15 is 0 Å². The zero-order valence-corrected chi connectivity index (χ0v) is 17.4. The normalized spacial score (nSPS) is 12.0. The number of hydrogen-bond acceptors (Lipinski definition) is 5. The molecule has 0 heterocycles. The standard InChI is InChI=1S/C22H34O5/c1-6-14-24-19-11-12-20(25-15-7-2)22(26-16-8-3)18(19)10-13-21(23)27-17(5)9-4/h10-13,17H,6-9,14-16H2,1-5H3. The van der Waals surface area contributed by atoms with E-state index < -0.39 is 0 Å². The highest BCUT2D eigenvalue weighted by atomic mass is 16.5. The number of esters is 1. The van der Waals surface area contributed by atoms with Crippen LogP contribution >= 0.6 is 0 Å². The molecule has 1 aromatic carbocycles. The van der Waals surface area contributed by atoms with Gasteiger partial charge in [-0.15, -0.1) is 0 Å². The van der Waals surface area contributed by atoms with Crippen molar-refractivity contribution in [2.45, 2.75) is 66.4 Å². The fraction of sp³-hybridized carbons (Fsp3) is 0.591. The molecule has 5 nitrogen and oxygen atoms in total. The Labute approximate surface area is 163 Å². The van der Waals surface area contributed by atoms with Gasteiger partial charge in [0.2, 0.25) is 0 Å². The molecule has 0 saturated carbocycles. The summed E-state index contributed by atoms with van der Waals surface area (Å²) in [6.07, 6.45) is 6.42. The fourth-order valence-electron chi connectivity index (χ4n) is 2.21. The number of carbonyl (C=O) groups excluding carboxylic acids is 1. The molecular weight excluding hydrogens is 344 g/mol. The van der Waals surface area contributed by atoms with E-state index in [-0.39, 0.29) is 12.1 Å². The monoisotopic (exact) mass is 378 g/mol. The summed E-state index contributed by atoms with van der Waals surface area (Å²) in [7, 11) is 0. The van der Waals surface area contributed by atoms with Gasteiger partial charge in [-0.25, -0.2) is 4.79 Å². The van der Waals surface area contributed by atoms with Crippen LogP contribution in [0.3, 0.4) is 0 Å². The Balaban J connectivity index is 3.23. The number of ether oxygens (including phenoxy) is 4. The van der Waals surface area contributed by atoms with Crippen molar-refractivity contribution in [1.82, 2.24) is 0 Å². The lowest BCUT2D eigenvalue weighted by Crippen LogP contribution is -2.11. The van der Waals surface area contributed by atoms with Crippen molar-refractivity contribution in [1.29, 1.82) is 0 Å². The van der Waals surface area contributed by atoms with Gasteiger partial charge in [-0.05, 0) is 50.8 Å². The number of hydrogen-bond donors (Lipinski definition) is 0. The average molecular weight is 379 g/mol. The van der Waals surface area contributed by atoms with Gasteiger partial charge in [0.15, 0.2) is 11.5 Å². The van der Waals surface area contributed by atoms with Gasteiger partial charge in [0.05, 0.1) is 31.5 Å². The minimum atomic E-state index is -0.382. The van der Waals surface area contributed by atoms with Gasteiger partial charge in [0.1, 0.15) is 5.75 Å². The quantitative estimate of drug-likeness (QED) is 0.339. The van der Waals surface area contributed by atoms with Crippen molar-refractivity contribution in [3.8, 4) is 17.2 Å². The lowest BCUT2D eigenvalue weighted by atomic mass is 10.1. The van der Waals surface area contributed by atoms with E-state index in [1.807, 2.05) is 39.8 Å². The van der Waals surface area contributed by atoms with Crippen molar-refractivity contribution in [2.75, 3.05) is 19.8 Å². The van der Waals surface area contributed by atoms with Gasteiger partial charge in [0.25, 0.3) is 0 Å². The van der Waals surface area contributed by atoms with E-state index in [1.54, 1.807) is 6.08 Å². The van der Waals surface area contributed by atoms with Gasteiger partial charge in [-0.1, -0.05) is 27.7 Å². The number of benzene rings is 1. The molecule has 0 amide bonds. The topological polar surface area (TPSA) is 54.0 Å². The fourth-order valence-corrected chi connectivity index (χ4v) is 2.21. The van der Waals surface area contributed by atoms with Crippen LogP contribution in [0, 0.1) is 0 Å². The second kappa shape index (κ2) is 13.1. The van der Waals surface area contributed by atoms with Gasteiger partial charge >= 0.3 is 5.97 Å². The third kappa shape index (κ3) is 7.94. The van der Waals surface area contributed by atoms with Crippen LogP contribution in [0.4, 0.5) is 0 Å². The molecule has 5 heteroatoms. The first-order valence-corrected chi connectivity index (χ1v) is 10.0. The largest absolute Gasteiger partial charge is 0.493 e. The predicted octanol–water partition coefficient (Wildman–Crippen LogP) is 5.41. The molecular formula is C22H34O5. The van der Waals surface area contributed by atoms with Crippen LogP contribution in [0.15, 0.2) is 18.2 Å². The molecule has 0 aliphatic rings. The van der Waals surface area contributed by atoms with Gasteiger partial charge in [0, 0.05) is 6.08 Å². The van der Waals surface area contributed by atoms with Gasteiger partial charge in [-0.2, -0.15) is 0 Å². The Morgan fingerprint density at radius 2 is 1.48 bits per heavy atom. The zero-order chi connectivity index (χ0) is 20.1. The smallest absolute Gasteiger partial charge is 0.331 e. The van der Waals surface area contributed by atoms with Crippen molar-refractivity contribution in [3.05, 3.63) is 23.8 Å². The third-order valence-electron chi connectivity index (χ3n) is 3.77. The molecule has 1 aromatic rings. The van der Waals surface area contributed by atoms with Crippen LogP contribution in [0.25, 0.3) is 6.08 Å². The van der Waals surface area contributed by atoms with Crippen LogP contribution in [-0.4, -0.2) is 31.9 Å². The van der Waals surface area contributed by atoms with E-state index in [1.165, 1.54) is 6.08 Å². The summed E-state index contributed by atoms with van der Waals surface area (Å²) in [5.41, 5.74) is 0.701. The Hall–Kier alpha value is -2.17. The molecule has 0 N–H and O–H groups in total. The maximum atomic E-state index is 12.1. The summed E-state index contributed by atoms with van der Waals surface area (Å²) in [5, 5.41) is 0. The molecule has 0 radical (unpaired) electrons. The molecule has 152 valence electrons. The molecule has 1 rings (SSSR count). The van der Waals surface area contributed by atoms with Crippen molar-refractivity contribution in [2.24, 2.45) is 0 Å². The second-order valence-corrected chi connectivity index (χ2v) is 6.34. The van der Waals surface area contributed by atoms with Gasteiger partial charge in [-0.3, -0.25) is 0 Å². The first-order valence-electron chi connectivity index (χ1n) is 10.0. The first-order chi connectivity index (χ1) is 13.1. The maximum Gasteiger partial charge on any atom is 0.331 e. The molecule has 0 fully saturated rings. The highest BCUT2D eigenvalue weighted by Crippen LogP contribution is 2.39. The Morgan fingerprint density at radius 1 is 0.926 bits per heavy atom. The summed E-state index contributed by atoms with van der Waals surface area (Å²) in [6.45, 7) is 11.7. The van der Waals surface area contributed by atoms with Crippen LogP contribution < -0.4 is 14.2 Å². The van der Waals surface area contributed by atoms with E-state index in [4.69, 9.17) is 18.9 Å². The molecule has 1 atom stereocenters. The van der Waals surface area contributed by atoms with E-state index in [0.29, 0.717) is 42.6 Å². The van der Waals surface area contributed by atoms with Crippen molar-refractivity contribution in [3.63, 3.8) is 0 Å². The van der Waals surface area contributed by atoms with Crippen LogP contribution in [0.5, 0.6) is 17.2 Å². The Kier molecular flexibility index (Phi) is 11.1. The molecule has 0 saturated heterocycles. The van der Waals surface area contributed by atoms with Crippen LogP contribution in [0.2, 0.25) is 0 Å². The summed E-state index contributed by atoms with van der Waals surface area (Å²) in [4.78, 5) is 12.1. The van der Waals surface area contributed by atoms with E-state index in [2.05, 4.69) is 6.92 Å². The maximum absolute atomic E-state index is 12.1. The minimum Gasteiger partial charge on any atom is -0.493 e. The van der Waals surface area contributed by atoms with Crippen molar-refractivity contribution < 1.29 is 23.7 Å². The molecule has 0 bridgehead atoms. The van der Waals surface area contributed by atoms with Crippen LogP contribution in [0.1, 0.15) is 65.9 Å². The summed E-state index contributed by atoms with van der Waals surface area (Å²) >= 11 is 0. The highest BCUT2D eigenvalue weighted by Gasteiger charge is 2.16. The van der Waals surface area contributed by atoms with E-state index in [9.17, 15) is 4.79 Å². The molecule has 0 aliphatic carbocycles. The minimum absolute atomic E-state index is 0.118. The second-order valence-electron chi connectivity index (χ2n) is 6.34. The lowest BCUT2D eigenvalue weighted by Gasteiger charge is -2.18. The lowest BCUT2D eigenvalue weighted by molar-refractivity contribution is -0.142. The van der Waals surface area contributed by atoms with Gasteiger partial charge < -0.3 is 18.9 Å². The summed E-state index contributed by atoms with van der Waals surface area (Å²) in [5.74, 6) is 1.54. The molecule has 0 aliphatic heterocycles. The van der Waals surface area contributed by atoms with Crippen LogP contribution in [-0.2, 0) is 9.53 Å². The molecule has 0 aromatic heterocycles. The SMILES string of the molecule is CCCOc1ccc(OCCC)c(OCCC)c1C=CC(=O)OC(C)CC. The molecule has 1 unspecified atom stereocenters. The first kappa shape index (κ1) is 22.9. The van der Waals surface area contributed by atoms with Crippen molar-refractivity contribution >= 4 is 12.0 Å². The number of carbonyl (C=O) groups is 1. The predicted molar refractivity (Wildman–Crippen MR) is 109 cm³/mol. The van der Waals surface area contributed by atoms with E-state index in [0.717, 1.165) is 25.7 Å². The Bertz CT molecular complexity index is 595. The summed E-state index contributed by atoms with van der Waals surface area (Å²) in [6, 6.07) is 3.72. The Morgan fingerprint density at radius 3 is 2.07 bits per heavy atom. The average Bonchev–Trinajstić information content (AvgIpc) is 2.67. The number of rotatable bonds is 13. The highest BCUT2D eigenvalue weighted by molar-refractivity contribution is 5.88. The molecule has 0 spiro atoms. The zero-order valence-electron chi connectivity index (χ0n) is 17.4. The summed E-state index contributed by atoms with van der Waals surface area (Å²) < 4.78 is 23.0. The molecule has 27 heavy (non-hydrogen) atoms. The third-order valence-corrected chi connectivity index (χ3v) is 3.77.